The molecule has 1 aliphatic rings. The molecular weight excluding hydrogens is 150 g/mol. The fourth-order valence-corrected chi connectivity index (χ4v) is 1.47. The van der Waals surface area contributed by atoms with Gasteiger partial charge in [-0.05, 0) is 18.8 Å². The lowest BCUT2D eigenvalue weighted by atomic mass is 9.85. The van der Waals surface area contributed by atoms with Crippen molar-refractivity contribution < 1.29 is 13.6 Å². The average molecular weight is 162 g/mol. The molecule has 1 aliphatic carbocycles. The minimum Gasteiger partial charge on any atom is -0.303 e. The van der Waals surface area contributed by atoms with Crippen molar-refractivity contribution in [3.05, 3.63) is 0 Å². The molecule has 0 spiro atoms. The summed E-state index contributed by atoms with van der Waals surface area (Å²) in [6.07, 6.45) is 2.22. The first-order chi connectivity index (χ1) is 5.14. The third-order valence-electron chi connectivity index (χ3n) is 2.27. The van der Waals surface area contributed by atoms with Crippen molar-refractivity contribution >= 4 is 6.29 Å². The maximum Gasteiger partial charge on any atom is 0.248 e. The Hall–Kier alpha value is -0.470. The molecule has 0 bridgehead atoms. The predicted octanol–water partition coefficient (Wildman–Crippen LogP) is 2.40. The van der Waals surface area contributed by atoms with Crippen LogP contribution in [0.3, 0.4) is 0 Å². The molecule has 0 radical (unpaired) electrons. The second-order valence-electron chi connectivity index (χ2n) is 3.20. The van der Waals surface area contributed by atoms with Gasteiger partial charge in [0.1, 0.15) is 6.29 Å². The largest absolute Gasteiger partial charge is 0.303 e. The first-order valence-corrected chi connectivity index (χ1v) is 3.95. The number of rotatable bonds is 2. The molecule has 0 unspecified atom stereocenters. The Bertz CT molecular complexity index is 135. The van der Waals surface area contributed by atoms with Gasteiger partial charge in [-0.2, -0.15) is 0 Å². The van der Waals surface area contributed by atoms with Crippen LogP contribution < -0.4 is 0 Å². The molecule has 0 saturated heterocycles. The number of alkyl halides is 2. The average Bonchev–Trinajstić information content (AvgIpc) is 1.94. The molecule has 0 aromatic rings. The third kappa shape index (κ3) is 2.56. The minimum absolute atomic E-state index is 0.0362. The normalized spacial score (nSPS) is 24.9. The summed E-state index contributed by atoms with van der Waals surface area (Å²) >= 11 is 0. The Morgan fingerprint density at radius 1 is 1.36 bits per heavy atom. The van der Waals surface area contributed by atoms with E-state index in [1.165, 1.54) is 0 Å². The van der Waals surface area contributed by atoms with Crippen molar-refractivity contribution in [2.75, 3.05) is 0 Å². The van der Waals surface area contributed by atoms with Crippen LogP contribution in [0.5, 0.6) is 0 Å². The van der Waals surface area contributed by atoms with Gasteiger partial charge in [-0.25, -0.2) is 8.78 Å². The molecule has 1 nitrogen and oxygen atoms in total. The summed E-state index contributed by atoms with van der Waals surface area (Å²) in [6, 6.07) is 0. The van der Waals surface area contributed by atoms with Crippen molar-refractivity contribution in [3.8, 4) is 0 Å². The molecule has 0 heterocycles. The molecule has 64 valence electrons. The van der Waals surface area contributed by atoms with Crippen LogP contribution in [0.1, 0.15) is 32.1 Å². The van der Waals surface area contributed by atoms with Crippen molar-refractivity contribution in [1.29, 1.82) is 0 Å². The van der Waals surface area contributed by atoms with Gasteiger partial charge in [0.25, 0.3) is 0 Å². The number of carbonyl (C=O) groups excluding carboxylic acids is 1. The Morgan fingerprint density at radius 3 is 2.36 bits per heavy atom. The fourth-order valence-electron chi connectivity index (χ4n) is 1.47. The number of aldehydes is 1. The molecule has 0 aromatic heterocycles. The van der Waals surface area contributed by atoms with Crippen LogP contribution in [0.4, 0.5) is 8.78 Å². The van der Waals surface area contributed by atoms with E-state index in [4.69, 9.17) is 0 Å². The monoisotopic (exact) mass is 162 g/mol. The maximum atomic E-state index is 12.5. The summed E-state index contributed by atoms with van der Waals surface area (Å²) in [5.41, 5.74) is 0. The molecule has 1 rings (SSSR count). The van der Waals surface area contributed by atoms with Crippen molar-refractivity contribution in [3.63, 3.8) is 0 Å². The van der Waals surface area contributed by atoms with Crippen LogP contribution in [-0.4, -0.2) is 12.2 Å². The quantitative estimate of drug-likeness (QED) is 0.570. The number of hydrogen-bond acceptors (Lipinski definition) is 1. The highest BCUT2D eigenvalue weighted by Gasteiger charge is 2.34. The van der Waals surface area contributed by atoms with E-state index in [1.54, 1.807) is 0 Å². The molecular formula is C8H12F2O. The molecule has 3 heteroatoms. The van der Waals surface area contributed by atoms with Gasteiger partial charge in [-0.1, -0.05) is 0 Å². The van der Waals surface area contributed by atoms with Crippen LogP contribution in [-0.2, 0) is 4.79 Å². The lowest BCUT2D eigenvalue weighted by molar-refractivity contribution is -0.110. The van der Waals surface area contributed by atoms with Gasteiger partial charge in [0.15, 0.2) is 0 Å². The summed E-state index contributed by atoms with van der Waals surface area (Å²) in [5, 5.41) is 0. The molecule has 11 heavy (non-hydrogen) atoms. The second-order valence-corrected chi connectivity index (χ2v) is 3.20. The molecule has 0 aromatic carbocycles. The molecule has 0 amide bonds. The van der Waals surface area contributed by atoms with Crippen LogP contribution >= 0.6 is 0 Å². The Balaban J connectivity index is 2.30. The van der Waals surface area contributed by atoms with E-state index in [-0.39, 0.29) is 18.8 Å². The Labute approximate surface area is 64.8 Å². The first kappa shape index (κ1) is 8.62. The fraction of sp³-hybridized carbons (Fsp3) is 0.875. The van der Waals surface area contributed by atoms with Crippen molar-refractivity contribution in [2.45, 2.75) is 38.0 Å². The van der Waals surface area contributed by atoms with Crippen molar-refractivity contribution in [2.24, 2.45) is 5.92 Å². The van der Waals surface area contributed by atoms with Crippen molar-refractivity contribution in [1.82, 2.24) is 0 Å². The van der Waals surface area contributed by atoms with E-state index in [0.29, 0.717) is 19.3 Å². The molecule has 0 aliphatic heterocycles. The van der Waals surface area contributed by atoms with E-state index in [0.717, 1.165) is 6.29 Å². The summed E-state index contributed by atoms with van der Waals surface area (Å²) < 4.78 is 25.1. The summed E-state index contributed by atoms with van der Waals surface area (Å²) in [7, 11) is 0. The van der Waals surface area contributed by atoms with Gasteiger partial charge in [0, 0.05) is 19.3 Å². The van der Waals surface area contributed by atoms with Gasteiger partial charge in [-0.15, -0.1) is 0 Å². The van der Waals surface area contributed by atoms with Gasteiger partial charge in [0.05, 0.1) is 0 Å². The van der Waals surface area contributed by atoms with Crippen LogP contribution in [0, 0.1) is 5.92 Å². The van der Waals surface area contributed by atoms with Gasteiger partial charge >= 0.3 is 0 Å². The third-order valence-corrected chi connectivity index (χ3v) is 2.27. The van der Waals surface area contributed by atoms with E-state index < -0.39 is 5.92 Å². The number of hydrogen-bond donors (Lipinski definition) is 0. The van der Waals surface area contributed by atoms with Gasteiger partial charge < -0.3 is 4.79 Å². The molecule has 1 saturated carbocycles. The zero-order chi connectivity index (χ0) is 8.32. The van der Waals surface area contributed by atoms with E-state index >= 15 is 0 Å². The summed E-state index contributed by atoms with van der Waals surface area (Å²) in [6.45, 7) is 0. The Kier molecular flexibility index (Phi) is 2.58. The van der Waals surface area contributed by atoms with Crippen LogP contribution in [0.2, 0.25) is 0 Å². The standard InChI is InChI=1S/C8H12F2O/c9-8(10)4-1-7(2-5-8)3-6-11/h6-7H,1-5H2. The molecule has 0 N–H and O–H groups in total. The predicted molar refractivity (Wildman–Crippen MR) is 37.6 cm³/mol. The zero-order valence-corrected chi connectivity index (χ0v) is 6.35. The summed E-state index contributed by atoms with van der Waals surface area (Å²) in [5.74, 6) is -2.24. The van der Waals surface area contributed by atoms with Gasteiger partial charge in [0.2, 0.25) is 5.92 Å². The highest BCUT2D eigenvalue weighted by Crippen LogP contribution is 2.36. The number of carbonyl (C=O) groups is 1. The van der Waals surface area contributed by atoms with Crippen LogP contribution in [0.15, 0.2) is 0 Å². The van der Waals surface area contributed by atoms with Crippen LogP contribution in [0.25, 0.3) is 0 Å². The van der Waals surface area contributed by atoms with E-state index in [2.05, 4.69) is 0 Å². The minimum atomic E-state index is -2.46. The first-order valence-electron chi connectivity index (χ1n) is 3.95. The maximum absolute atomic E-state index is 12.5. The van der Waals surface area contributed by atoms with Gasteiger partial charge in [-0.3, -0.25) is 0 Å². The van der Waals surface area contributed by atoms with E-state index in [1.807, 2.05) is 0 Å². The zero-order valence-electron chi connectivity index (χ0n) is 6.35. The SMILES string of the molecule is O=CCC1CCC(F)(F)CC1. The van der Waals surface area contributed by atoms with E-state index in [9.17, 15) is 13.6 Å². The lowest BCUT2D eigenvalue weighted by Gasteiger charge is -2.26. The summed E-state index contributed by atoms with van der Waals surface area (Å²) in [4.78, 5) is 10.0. The lowest BCUT2D eigenvalue weighted by Crippen LogP contribution is -2.24. The smallest absolute Gasteiger partial charge is 0.248 e. The molecule has 1 fully saturated rings. The Morgan fingerprint density at radius 2 is 1.91 bits per heavy atom. The topological polar surface area (TPSA) is 17.1 Å². The number of halogens is 2. The highest BCUT2D eigenvalue weighted by molar-refractivity contribution is 5.49. The second kappa shape index (κ2) is 3.28. The highest BCUT2D eigenvalue weighted by atomic mass is 19.3. The molecule has 0 atom stereocenters.